The molecular weight excluding hydrogens is 544 g/mol. The molecule has 2 N–H and O–H groups in total. The summed E-state index contributed by atoms with van der Waals surface area (Å²) in [5.74, 6) is -0.648. The number of carbonyl (C=O) groups excluding carboxylic acids is 4. The number of unbranched alkanes of at least 4 members (excludes halogenated alkanes) is 2. The molecule has 2 rings (SSSR count). The number of anilines is 2. The topological polar surface area (TPSA) is 108 Å². The first-order valence-corrected chi connectivity index (χ1v) is 15.6. The molecule has 2 aromatic rings. The summed E-state index contributed by atoms with van der Waals surface area (Å²) < 4.78 is 5.87. The first-order chi connectivity index (χ1) is 20.6. The van der Waals surface area contributed by atoms with E-state index < -0.39 is 23.6 Å². The van der Waals surface area contributed by atoms with Gasteiger partial charge >= 0.3 is 23.6 Å². The van der Waals surface area contributed by atoms with Crippen molar-refractivity contribution in [2.24, 2.45) is 11.8 Å². The minimum absolute atomic E-state index is 0.381. The molecule has 0 aliphatic heterocycles. The SMILES string of the molecule is CCCCC(CC)CN(C)C(=O)C(=O)Nc1ccc(Oc2ccc(NC(=O)C(=O)N(C)CC(CC)CCCC)cc2)cc1. The zero-order valence-corrected chi connectivity index (χ0v) is 26.8. The first kappa shape index (κ1) is 35.3. The Morgan fingerprint density at radius 2 is 0.977 bits per heavy atom. The van der Waals surface area contributed by atoms with Gasteiger partial charge in [-0.1, -0.05) is 66.2 Å². The fraction of sp³-hybridized carbons (Fsp3) is 0.529. The molecule has 0 radical (unpaired) electrons. The Labute approximate surface area is 257 Å². The Balaban J connectivity index is 1.86. The normalized spacial score (nSPS) is 12.1. The number of rotatable bonds is 16. The molecule has 0 fully saturated rings. The van der Waals surface area contributed by atoms with Gasteiger partial charge in [-0.05, 0) is 73.2 Å². The van der Waals surface area contributed by atoms with Crippen LogP contribution in [0.2, 0.25) is 0 Å². The van der Waals surface area contributed by atoms with Crippen molar-refractivity contribution in [1.29, 1.82) is 0 Å². The molecule has 0 bridgehead atoms. The standard InChI is InChI=1S/C34H50N4O5/c1-7-11-13-25(9-3)23-37(5)33(41)31(39)35-27-15-19-29(20-16-27)43-30-21-17-28(18-22-30)36-32(40)34(42)38(6)24-26(10-4)14-12-8-2/h15-22,25-26H,7-14,23-24H2,1-6H3,(H,35,39)(H,36,40). The lowest BCUT2D eigenvalue weighted by molar-refractivity contribution is -0.142. The number of carbonyl (C=O) groups is 4. The molecule has 43 heavy (non-hydrogen) atoms. The van der Waals surface area contributed by atoms with E-state index in [4.69, 9.17) is 4.74 Å². The number of amides is 4. The van der Waals surface area contributed by atoms with Gasteiger partial charge < -0.3 is 25.2 Å². The first-order valence-electron chi connectivity index (χ1n) is 15.6. The maximum absolute atomic E-state index is 12.6. The van der Waals surface area contributed by atoms with Crippen molar-refractivity contribution >= 4 is 35.0 Å². The quantitative estimate of drug-likeness (QED) is 0.210. The number of benzene rings is 2. The number of likely N-dealkylation sites (N-methyl/N-ethyl adjacent to an activating group) is 2. The fourth-order valence-corrected chi connectivity index (χ4v) is 4.84. The van der Waals surface area contributed by atoms with E-state index in [-0.39, 0.29) is 0 Å². The van der Waals surface area contributed by atoms with Crippen LogP contribution in [0.1, 0.15) is 79.1 Å². The molecule has 0 aliphatic carbocycles. The second kappa shape index (κ2) is 18.6. The van der Waals surface area contributed by atoms with Crippen LogP contribution in [0, 0.1) is 11.8 Å². The summed E-state index contributed by atoms with van der Waals surface area (Å²) in [7, 11) is 3.33. The second-order valence-corrected chi connectivity index (χ2v) is 11.3. The van der Waals surface area contributed by atoms with Gasteiger partial charge in [0.1, 0.15) is 11.5 Å². The van der Waals surface area contributed by atoms with E-state index in [2.05, 4.69) is 38.3 Å². The largest absolute Gasteiger partial charge is 0.457 e. The number of nitrogens with one attached hydrogen (secondary N) is 2. The number of nitrogens with zero attached hydrogens (tertiary/aromatic N) is 2. The summed E-state index contributed by atoms with van der Waals surface area (Å²) in [6.07, 6.45) is 8.46. The van der Waals surface area contributed by atoms with Gasteiger partial charge in [-0.15, -0.1) is 0 Å². The molecule has 9 heteroatoms. The lowest BCUT2D eigenvalue weighted by Crippen LogP contribution is -2.39. The number of hydrogen-bond acceptors (Lipinski definition) is 5. The Hall–Kier alpha value is -3.88. The summed E-state index contributed by atoms with van der Waals surface area (Å²) in [5, 5.41) is 5.31. The Morgan fingerprint density at radius 3 is 1.28 bits per heavy atom. The van der Waals surface area contributed by atoms with Crippen molar-refractivity contribution in [3.63, 3.8) is 0 Å². The molecular formula is C34H50N4O5. The Kier molecular flexibility index (Phi) is 15.3. The molecule has 236 valence electrons. The highest BCUT2D eigenvalue weighted by Gasteiger charge is 2.22. The Morgan fingerprint density at radius 1 is 0.628 bits per heavy atom. The fourth-order valence-electron chi connectivity index (χ4n) is 4.84. The minimum Gasteiger partial charge on any atom is -0.457 e. The highest BCUT2D eigenvalue weighted by molar-refractivity contribution is 6.40. The van der Waals surface area contributed by atoms with Crippen LogP contribution in [0.5, 0.6) is 11.5 Å². The van der Waals surface area contributed by atoms with Crippen LogP contribution < -0.4 is 15.4 Å². The van der Waals surface area contributed by atoms with Crippen molar-refractivity contribution in [3.8, 4) is 11.5 Å². The predicted octanol–water partition coefficient (Wildman–Crippen LogP) is 6.71. The van der Waals surface area contributed by atoms with Gasteiger partial charge in [0, 0.05) is 38.6 Å². The van der Waals surface area contributed by atoms with Crippen LogP contribution in [0.25, 0.3) is 0 Å². The highest BCUT2D eigenvalue weighted by atomic mass is 16.5. The van der Waals surface area contributed by atoms with Gasteiger partial charge in [-0.25, -0.2) is 0 Å². The molecule has 2 aromatic carbocycles. The monoisotopic (exact) mass is 594 g/mol. The summed E-state index contributed by atoms with van der Waals surface area (Å²) >= 11 is 0. The van der Waals surface area contributed by atoms with E-state index >= 15 is 0 Å². The summed E-state index contributed by atoms with van der Waals surface area (Å²) in [6, 6.07) is 13.4. The van der Waals surface area contributed by atoms with Crippen LogP contribution in [0.4, 0.5) is 11.4 Å². The Bertz CT molecular complexity index is 1070. The van der Waals surface area contributed by atoms with Crippen molar-refractivity contribution in [3.05, 3.63) is 48.5 Å². The lowest BCUT2D eigenvalue weighted by Gasteiger charge is -2.23. The van der Waals surface area contributed by atoms with E-state index in [1.165, 1.54) is 9.80 Å². The average molecular weight is 595 g/mol. The average Bonchev–Trinajstić information content (AvgIpc) is 3.01. The van der Waals surface area contributed by atoms with Gasteiger partial charge in [0.15, 0.2) is 0 Å². The number of ether oxygens (including phenoxy) is 1. The maximum atomic E-state index is 12.6. The van der Waals surface area contributed by atoms with Gasteiger partial charge in [0.2, 0.25) is 0 Å². The second-order valence-electron chi connectivity index (χ2n) is 11.3. The van der Waals surface area contributed by atoms with Crippen LogP contribution in [0.3, 0.4) is 0 Å². The molecule has 0 aliphatic rings. The molecule has 0 aromatic heterocycles. The van der Waals surface area contributed by atoms with Crippen molar-refractivity contribution in [1.82, 2.24) is 9.80 Å². The number of hydrogen-bond donors (Lipinski definition) is 2. The van der Waals surface area contributed by atoms with Crippen LogP contribution in [-0.2, 0) is 19.2 Å². The summed E-state index contributed by atoms with van der Waals surface area (Å²) in [6.45, 7) is 9.62. The maximum Gasteiger partial charge on any atom is 0.313 e. The van der Waals surface area contributed by atoms with Gasteiger partial charge in [0.25, 0.3) is 0 Å². The van der Waals surface area contributed by atoms with Gasteiger partial charge in [-0.2, -0.15) is 0 Å². The summed E-state index contributed by atoms with van der Waals surface area (Å²) in [4.78, 5) is 53.2. The third kappa shape index (κ3) is 12.1. The van der Waals surface area contributed by atoms with Crippen LogP contribution in [0.15, 0.2) is 48.5 Å². The third-order valence-electron chi connectivity index (χ3n) is 7.69. The lowest BCUT2D eigenvalue weighted by atomic mass is 9.99. The zero-order chi connectivity index (χ0) is 31.8. The molecule has 2 atom stereocenters. The molecule has 2 unspecified atom stereocenters. The van der Waals surface area contributed by atoms with E-state index in [1.54, 1.807) is 62.6 Å². The van der Waals surface area contributed by atoms with Crippen molar-refractivity contribution in [2.45, 2.75) is 79.1 Å². The molecule has 0 saturated heterocycles. The third-order valence-corrected chi connectivity index (χ3v) is 7.69. The zero-order valence-electron chi connectivity index (χ0n) is 26.8. The molecule has 0 saturated carbocycles. The molecule has 0 spiro atoms. The van der Waals surface area contributed by atoms with E-state index in [1.807, 2.05) is 0 Å². The van der Waals surface area contributed by atoms with Crippen molar-refractivity contribution < 1.29 is 23.9 Å². The predicted molar refractivity (Wildman–Crippen MR) is 172 cm³/mol. The summed E-state index contributed by atoms with van der Waals surface area (Å²) in [5.41, 5.74) is 0.973. The van der Waals surface area contributed by atoms with Crippen LogP contribution in [-0.4, -0.2) is 60.6 Å². The highest BCUT2D eigenvalue weighted by Crippen LogP contribution is 2.25. The van der Waals surface area contributed by atoms with E-state index in [0.717, 1.165) is 51.4 Å². The van der Waals surface area contributed by atoms with Gasteiger partial charge in [-0.3, -0.25) is 19.2 Å². The minimum atomic E-state index is -0.675. The molecule has 9 nitrogen and oxygen atoms in total. The van der Waals surface area contributed by atoms with E-state index in [0.29, 0.717) is 47.8 Å². The van der Waals surface area contributed by atoms with E-state index in [9.17, 15) is 19.2 Å². The van der Waals surface area contributed by atoms with Crippen molar-refractivity contribution in [2.75, 3.05) is 37.8 Å². The molecule has 0 heterocycles. The smallest absolute Gasteiger partial charge is 0.313 e. The van der Waals surface area contributed by atoms with Gasteiger partial charge in [0.05, 0.1) is 0 Å². The molecule has 4 amide bonds. The van der Waals surface area contributed by atoms with Crippen LogP contribution >= 0.6 is 0 Å².